The molecule has 0 aliphatic rings. The summed E-state index contributed by atoms with van der Waals surface area (Å²) in [5.41, 5.74) is 7.37. The van der Waals surface area contributed by atoms with Crippen LogP contribution in [-0.4, -0.2) is 22.0 Å². The first kappa shape index (κ1) is 13.8. The Morgan fingerprint density at radius 1 is 1.40 bits per heavy atom. The van der Waals surface area contributed by atoms with Crippen LogP contribution in [0.15, 0.2) is 36.8 Å². The molecule has 20 heavy (non-hydrogen) atoms. The number of imidazole rings is 1. The maximum atomic E-state index is 12.0. The van der Waals surface area contributed by atoms with Crippen molar-refractivity contribution in [1.82, 2.24) is 9.55 Å². The van der Waals surface area contributed by atoms with Crippen molar-refractivity contribution in [2.45, 2.75) is 13.0 Å². The molecule has 0 aliphatic heterocycles. The molecule has 1 aromatic carbocycles. The van der Waals surface area contributed by atoms with Crippen molar-refractivity contribution < 1.29 is 4.79 Å². The number of anilines is 1. The van der Waals surface area contributed by atoms with Crippen molar-refractivity contribution in [2.24, 2.45) is 5.73 Å². The molecule has 0 atom stereocenters. The lowest BCUT2D eigenvalue weighted by Crippen LogP contribution is -2.12. The topological polar surface area (TPSA) is 96.7 Å². The molecular weight excluding hydrogens is 254 g/mol. The van der Waals surface area contributed by atoms with Gasteiger partial charge >= 0.3 is 0 Å². The van der Waals surface area contributed by atoms with E-state index in [1.54, 1.807) is 29.2 Å². The second-order valence-corrected chi connectivity index (χ2v) is 4.27. The molecule has 1 heterocycles. The molecule has 0 fully saturated rings. The van der Waals surface area contributed by atoms with E-state index < -0.39 is 0 Å². The second kappa shape index (κ2) is 6.50. The summed E-state index contributed by atoms with van der Waals surface area (Å²) in [4.78, 5) is 16.0. The van der Waals surface area contributed by atoms with E-state index >= 15 is 0 Å². The van der Waals surface area contributed by atoms with E-state index in [1.165, 1.54) is 0 Å². The molecule has 2 rings (SSSR count). The van der Waals surface area contributed by atoms with Crippen molar-refractivity contribution in [2.75, 3.05) is 11.9 Å². The van der Waals surface area contributed by atoms with E-state index in [4.69, 9.17) is 11.0 Å². The Hall–Kier alpha value is -2.65. The van der Waals surface area contributed by atoms with Gasteiger partial charge in [0, 0.05) is 25.0 Å². The highest BCUT2D eigenvalue weighted by molar-refractivity contribution is 6.02. The van der Waals surface area contributed by atoms with Gasteiger partial charge in [-0.2, -0.15) is 5.26 Å². The van der Waals surface area contributed by atoms with Gasteiger partial charge in [-0.25, -0.2) is 4.98 Å². The van der Waals surface area contributed by atoms with Crippen LogP contribution in [0.3, 0.4) is 0 Å². The first-order valence-electron chi connectivity index (χ1n) is 6.22. The zero-order chi connectivity index (χ0) is 14.4. The minimum Gasteiger partial charge on any atom is -0.335 e. The van der Waals surface area contributed by atoms with Crippen molar-refractivity contribution in [3.05, 3.63) is 48.0 Å². The van der Waals surface area contributed by atoms with Gasteiger partial charge in [-0.1, -0.05) is 12.1 Å². The average molecular weight is 269 g/mol. The largest absolute Gasteiger partial charge is 0.335 e. The monoisotopic (exact) mass is 269 g/mol. The molecule has 0 unspecified atom stereocenters. The van der Waals surface area contributed by atoms with Gasteiger partial charge in [-0.05, 0) is 17.7 Å². The highest BCUT2D eigenvalue weighted by Crippen LogP contribution is 2.11. The van der Waals surface area contributed by atoms with Crippen LogP contribution in [0.4, 0.5) is 5.69 Å². The smallest absolute Gasteiger partial charge is 0.275 e. The average Bonchev–Trinajstić information content (AvgIpc) is 2.90. The number of nitriles is 1. The molecule has 0 saturated carbocycles. The van der Waals surface area contributed by atoms with Gasteiger partial charge in [0.05, 0.1) is 18.8 Å². The number of hydrogen-bond acceptors (Lipinski definition) is 4. The van der Waals surface area contributed by atoms with Crippen molar-refractivity contribution in [3.63, 3.8) is 0 Å². The molecule has 6 heteroatoms. The third kappa shape index (κ3) is 3.43. The predicted molar refractivity (Wildman–Crippen MR) is 75.0 cm³/mol. The molecule has 0 saturated heterocycles. The van der Waals surface area contributed by atoms with Gasteiger partial charge in [-0.15, -0.1) is 0 Å². The lowest BCUT2D eigenvalue weighted by molar-refractivity contribution is 0.102. The molecule has 1 aromatic heterocycles. The number of nitrogens with two attached hydrogens (primary N) is 1. The number of carbonyl (C=O) groups excluding carboxylic acids is 1. The van der Waals surface area contributed by atoms with Crippen LogP contribution in [0.2, 0.25) is 0 Å². The van der Waals surface area contributed by atoms with Crippen molar-refractivity contribution in [3.8, 4) is 6.07 Å². The van der Waals surface area contributed by atoms with E-state index in [1.807, 2.05) is 12.1 Å². The van der Waals surface area contributed by atoms with E-state index in [-0.39, 0.29) is 5.91 Å². The van der Waals surface area contributed by atoms with Crippen LogP contribution in [0.5, 0.6) is 0 Å². The standard InChI is InChI=1S/C14H15N5O/c15-6-5-11-1-3-12(4-2-11)18-14(20)13-9-19(8-7-16)10-17-13/h1-4,9-10H,5,7-8,16H2,(H,18,20). The second-order valence-electron chi connectivity index (χ2n) is 4.27. The third-order valence-corrected chi connectivity index (χ3v) is 2.75. The zero-order valence-corrected chi connectivity index (χ0v) is 10.9. The maximum Gasteiger partial charge on any atom is 0.275 e. The molecule has 2 aromatic rings. The lowest BCUT2D eigenvalue weighted by atomic mass is 10.1. The highest BCUT2D eigenvalue weighted by atomic mass is 16.1. The molecule has 0 radical (unpaired) electrons. The number of amides is 1. The van der Waals surface area contributed by atoms with Crippen LogP contribution >= 0.6 is 0 Å². The van der Waals surface area contributed by atoms with Gasteiger partial charge in [0.1, 0.15) is 5.69 Å². The highest BCUT2D eigenvalue weighted by Gasteiger charge is 2.09. The van der Waals surface area contributed by atoms with Crippen molar-refractivity contribution in [1.29, 1.82) is 5.26 Å². The number of benzene rings is 1. The Balaban J connectivity index is 2.01. The lowest BCUT2D eigenvalue weighted by Gasteiger charge is -2.03. The SMILES string of the molecule is N#CCc1ccc(NC(=O)c2cn(CCN)cn2)cc1. The Labute approximate surface area is 116 Å². The molecule has 0 aliphatic carbocycles. The fourth-order valence-electron chi connectivity index (χ4n) is 1.74. The zero-order valence-electron chi connectivity index (χ0n) is 10.9. The summed E-state index contributed by atoms with van der Waals surface area (Å²) in [5, 5.41) is 11.3. The van der Waals surface area contributed by atoms with Gasteiger partial charge < -0.3 is 15.6 Å². The summed E-state index contributed by atoms with van der Waals surface area (Å²) < 4.78 is 1.77. The molecule has 6 nitrogen and oxygen atoms in total. The van der Waals surface area contributed by atoms with E-state index in [0.29, 0.717) is 30.9 Å². The number of aromatic nitrogens is 2. The Morgan fingerprint density at radius 2 is 2.15 bits per heavy atom. The van der Waals surface area contributed by atoms with Crippen LogP contribution in [0, 0.1) is 11.3 Å². The molecule has 0 bridgehead atoms. The Bertz CT molecular complexity index is 624. The molecule has 102 valence electrons. The summed E-state index contributed by atoms with van der Waals surface area (Å²) in [6.07, 6.45) is 3.60. The first-order chi connectivity index (χ1) is 9.72. The fourth-order valence-corrected chi connectivity index (χ4v) is 1.74. The summed E-state index contributed by atoms with van der Waals surface area (Å²) in [7, 11) is 0. The summed E-state index contributed by atoms with van der Waals surface area (Å²) >= 11 is 0. The number of hydrogen-bond donors (Lipinski definition) is 2. The normalized spacial score (nSPS) is 10.0. The van der Waals surface area contributed by atoms with Gasteiger partial charge in [0.25, 0.3) is 5.91 Å². The number of nitrogens with zero attached hydrogens (tertiary/aromatic N) is 3. The van der Waals surface area contributed by atoms with Crippen LogP contribution < -0.4 is 11.1 Å². The van der Waals surface area contributed by atoms with E-state index in [0.717, 1.165) is 5.56 Å². The van der Waals surface area contributed by atoms with Crippen LogP contribution in [0.1, 0.15) is 16.1 Å². The maximum absolute atomic E-state index is 12.0. The van der Waals surface area contributed by atoms with Crippen LogP contribution in [-0.2, 0) is 13.0 Å². The van der Waals surface area contributed by atoms with E-state index in [9.17, 15) is 4.79 Å². The molecule has 1 amide bonds. The summed E-state index contributed by atoms with van der Waals surface area (Å²) in [5.74, 6) is -0.270. The summed E-state index contributed by atoms with van der Waals surface area (Å²) in [6.45, 7) is 1.13. The van der Waals surface area contributed by atoms with E-state index in [2.05, 4.69) is 16.4 Å². The number of rotatable bonds is 5. The minimum absolute atomic E-state index is 0.270. The van der Waals surface area contributed by atoms with Crippen molar-refractivity contribution >= 4 is 11.6 Å². The quantitative estimate of drug-likeness (QED) is 0.851. The third-order valence-electron chi connectivity index (χ3n) is 2.75. The number of nitrogens with one attached hydrogen (secondary N) is 1. The fraction of sp³-hybridized carbons (Fsp3) is 0.214. The minimum atomic E-state index is -0.270. The summed E-state index contributed by atoms with van der Waals surface area (Å²) in [6, 6.07) is 9.23. The predicted octanol–water partition coefficient (Wildman–Crippen LogP) is 1.16. The Morgan fingerprint density at radius 3 is 2.80 bits per heavy atom. The number of carbonyl (C=O) groups is 1. The Kier molecular flexibility index (Phi) is 4.47. The van der Waals surface area contributed by atoms with Gasteiger partial charge in [0.15, 0.2) is 0 Å². The first-order valence-corrected chi connectivity index (χ1v) is 6.22. The van der Waals surface area contributed by atoms with Crippen LogP contribution in [0.25, 0.3) is 0 Å². The molecular formula is C14H15N5O. The van der Waals surface area contributed by atoms with Gasteiger partial charge in [0.2, 0.25) is 0 Å². The molecule has 3 N–H and O–H groups in total. The molecule has 0 spiro atoms. The van der Waals surface area contributed by atoms with Gasteiger partial charge in [-0.3, -0.25) is 4.79 Å².